The third kappa shape index (κ3) is 3.16. The van der Waals surface area contributed by atoms with Crippen molar-refractivity contribution in [3.05, 3.63) is 42.5 Å². The molecule has 0 aliphatic carbocycles. The second-order valence-corrected chi connectivity index (χ2v) is 4.87. The molecule has 0 unspecified atom stereocenters. The Kier molecular flexibility index (Phi) is 4.61. The molecule has 1 aromatic rings. The van der Waals surface area contributed by atoms with Gasteiger partial charge in [0.25, 0.3) is 0 Å². The number of likely N-dealkylation sites (tertiary alicyclic amines) is 1. The van der Waals surface area contributed by atoms with Crippen LogP contribution in [0.15, 0.2) is 36.9 Å². The van der Waals surface area contributed by atoms with Gasteiger partial charge in [0.05, 0.1) is 13.5 Å². The highest BCUT2D eigenvalue weighted by atomic mass is 16.5. The van der Waals surface area contributed by atoms with Crippen molar-refractivity contribution in [2.75, 3.05) is 13.7 Å². The van der Waals surface area contributed by atoms with Crippen LogP contribution in [-0.2, 0) is 11.2 Å². The lowest BCUT2D eigenvalue weighted by Crippen LogP contribution is -2.43. The number of carbonyl (C=O) groups excluding carboxylic acids is 1. The maximum atomic E-state index is 12.4. The number of benzene rings is 1. The van der Waals surface area contributed by atoms with Crippen molar-refractivity contribution in [2.45, 2.75) is 31.7 Å². The van der Waals surface area contributed by atoms with Crippen LogP contribution in [-0.4, -0.2) is 30.5 Å². The van der Waals surface area contributed by atoms with E-state index in [1.165, 1.54) is 6.42 Å². The van der Waals surface area contributed by atoms with Crippen LogP contribution >= 0.6 is 0 Å². The molecule has 1 fully saturated rings. The molecule has 2 rings (SSSR count). The molecule has 1 aliphatic heterocycles. The molecule has 0 aromatic heterocycles. The zero-order valence-electron chi connectivity index (χ0n) is 11.5. The molecule has 102 valence electrons. The Morgan fingerprint density at radius 1 is 1.47 bits per heavy atom. The van der Waals surface area contributed by atoms with E-state index in [1.807, 2.05) is 35.2 Å². The molecule has 1 amide bonds. The Morgan fingerprint density at radius 3 is 3.00 bits per heavy atom. The molecule has 0 saturated carbocycles. The number of ether oxygens (including phenoxy) is 1. The van der Waals surface area contributed by atoms with Crippen molar-refractivity contribution in [1.82, 2.24) is 4.90 Å². The van der Waals surface area contributed by atoms with Crippen molar-refractivity contribution in [1.29, 1.82) is 0 Å². The summed E-state index contributed by atoms with van der Waals surface area (Å²) in [6.45, 7) is 4.68. The Balaban J connectivity index is 2.09. The zero-order chi connectivity index (χ0) is 13.7. The summed E-state index contributed by atoms with van der Waals surface area (Å²) in [4.78, 5) is 14.4. The predicted molar refractivity (Wildman–Crippen MR) is 76.2 cm³/mol. The number of amides is 1. The van der Waals surface area contributed by atoms with Crippen molar-refractivity contribution >= 4 is 5.91 Å². The first-order valence-corrected chi connectivity index (χ1v) is 6.80. The van der Waals surface area contributed by atoms with Gasteiger partial charge in [-0.25, -0.2) is 0 Å². The summed E-state index contributed by atoms with van der Waals surface area (Å²) >= 11 is 0. The SMILES string of the molecule is C=C[C@H]1CCCCN1C(=O)Cc1ccccc1OC. The molecule has 0 bridgehead atoms. The van der Waals surface area contributed by atoms with Gasteiger partial charge in [0.2, 0.25) is 5.91 Å². The van der Waals surface area contributed by atoms with Gasteiger partial charge in [-0.3, -0.25) is 4.79 Å². The van der Waals surface area contributed by atoms with Crippen LogP contribution in [0.4, 0.5) is 0 Å². The first kappa shape index (κ1) is 13.7. The monoisotopic (exact) mass is 259 g/mol. The van der Waals surface area contributed by atoms with Gasteiger partial charge in [0.15, 0.2) is 0 Å². The molecule has 1 atom stereocenters. The van der Waals surface area contributed by atoms with E-state index in [0.29, 0.717) is 6.42 Å². The number of rotatable bonds is 4. The number of para-hydroxylation sites is 1. The number of methoxy groups -OCH3 is 1. The third-order valence-electron chi connectivity index (χ3n) is 3.68. The van der Waals surface area contributed by atoms with Crippen LogP contribution in [0.3, 0.4) is 0 Å². The smallest absolute Gasteiger partial charge is 0.227 e. The molecular formula is C16H21NO2. The van der Waals surface area contributed by atoms with E-state index >= 15 is 0 Å². The normalized spacial score (nSPS) is 19.0. The van der Waals surface area contributed by atoms with Gasteiger partial charge >= 0.3 is 0 Å². The maximum absolute atomic E-state index is 12.4. The van der Waals surface area contributed by atoms with Gasteiger partial charge < -0.3 is 9.64 Å². The lowest BCUT2D eigenvalue weighted by molar-refractivity contribution is -0.133. The maximum Gasteiger partial charge on any atom is 0.227 e. The minimum absolute atomic E-state index is 0.161. The average Bonchev–Trinajstić information content (AvgIpc) is 2.47. The Labute approximate surface area is 114 Å². The molecule has 1 aliphatic rings. The average molecular weight is 259 g/mol. The highest BCUT2D eigenvalue weighted by Crippen LogP contribution is 2.22. The van der Waals surface area contributed by atoms with E-state index < -0.39 is 0 Å². The molecule has 19 heavy (non-hydrogen) atoms. The summed E-state index contributed by atoms with van der Waals surface area (Å²) < 4.78 is 5.30. The summed E-state index contributed by atoms with van der Waals surface area (Å²) in [5.74, 6) is 0.942. The number of piperidine rings is 1. The van der Waals surface area contributed by atoms with E-state index in [4.69, 9.17) is 4.74 Å². The number of nitrogens with zero attached hydrogens (tertiary/aromatic N) is 1. The second-order valence-electron chi connectivity index (χ2n) is 4.87. The van der Waals surface area contributed by atoms with Crippen LogP contribution in [0.5, 0.6) is 5.75 Å². The minimum atomic E-state index is 0.161. The highest BCUT2D eigenvalue weighted by Gasteiger charge is 2.24. The highest BCUT2D eigenvalue weighted by molar-refractivity contribution is 5.80. The van der Waals surface area contributed by atoms with Gasteiger partial charge in [-0.2, -0.15) is 0 Å². The van der Waals surface area contributed by atoms with Gasteiger partial charge in [0.1, 0.15) is 5.75 Å². The predicted octanol–water partition coefficient (Wildman–Crippen LogP) is 2.80. The molecular weight excluding hydrogens is 238 g/mol. The fraction of sp³-hybridized carbons (Fsp3) is 0.438. The fourth-order valence-corrected chi connectivity index (χ4v) is 2.63. The second kappa shape index (κ2) is 6.41. The van der Waals surface area contributed by atoms with E-state index in [1.54, 1.807) is 7.11 Å². The van der Waals surface area contributed by atoms with Gasteiger partial charge in [-0.1, -0.05) is 24.3 Å². The van der Waals surface area contributed by atoms with Crippen molar-refractivity contribution in [2.24, 2.45) is 0 Å². The van der Waals surface area contributed by atoms with E-state index in [0.717, 1.165) is 30.7 Å². The van der Waals surface area contributed by atoms with Crippen molar-refractivity contribution in [3.63, 3.8) is 0 Å². The molecule has 3 nitrogen and oxygen atoms in total. The lowest BCUT2D eigenvalue weighted by Gasteiger charge is -2.34. The standard InChI is InChI=1S/C16H21NO2/c1-3-14-9-6-7-11-17(14)16(18)12-13-8-4-5-10-15(13)19-2/h3-5,8,10,14H,1,6-7,9,11-12H2,2H3/t14-/m0/s1. The van der Waals surface area contributed by atoms with Crippen LogP contribution < -0.4 is 4.74 Å². The van der Waals surface area contributed by atoms with Crippen LogP contribution in [0.1, 0.15) is 24.8 Å². The zero-order valence-corrected chi connectivity index (χ0v) is 11.5. The summed E-state index contributed by atoms with van der Waals surface area (Å²) in [5.41, 5.74) is 0.948. The van der Waals surface area contributed by atoms with Gasteiger partial charge in [-0.15, -0.1) is 6.58 Å². The fourth-order valence-electron chi connectivity index (χ4n) is 2.63. The first-order valence-electron chi connectivity index (χ1n) is 6.80. The summed E-state index contributed by atoms with van der Waals surface area (Å²) in [6, 6.07) is 7.89. The third-order valence-corrected chi connectivity index (χ3v) is 3.68. The van der Waals surface area contributed by atoms with Crippen LogP contribution in [0.25, 0.3) is 0 Å². The molecule has 0 radical (unpaired) electrons. The largest absolute Gasteiger partial charge is 0.496 e. The molecule has 1 aromatic carbocycles. The quantitative estimate of drug-likeness (QED) is 0.778. The van der Waals surface area contributed by atoms with E-state index in [-0.39, 0.29) is 11.9 Å². The summed E-state index contributed by atoms with van der Waals surface area (Å²) in [7, 11) is 1.64. The first-order chi connectivity index (χ1) is 9.26. The molecule has 0 N–H and O–H groups in total. The van der Waals surface area contributed by atoms with Crippen molar-refractivity contribution in [3.8, 4) is 5.75 Å². The van der Waals surface area contributed by atoms with Crippen molar-refractivity contribution < 1.29 is 9.53 Å². The van der Waals surface area contributed by atoms with Crippen LogP contribution in [0, 0.1) is 0 Å². The molecule has 0 spiro atoms. The number of carbonyl (C=O) groups is 1. The number of hydrogen-bond acceptors (Lipinski definition) is 2. The van der Waals surface area contributed by atoms with Gasteiger partial charge in [0, 0.05) is 18.2 Å². The topological polar surface area (TPSA) is 29.5 Å². The number of hydrogen-bond donors (Lipinski definition) is 0. The Morgan fingerprint density at radius 2 is 2.26 bits per heavy atom. The Bertz CT molecular complexity index is 456. The Hall–Kier alpha value is -1.77. The molecule has 1 saturated heterocycles. The van der Waals surface area contributed by atoms with Gasteiger partial charge in [-0.05, 0) is 25.3 Å². The minimum Gasteiger partial charge on any atom is -0.496 e. The molecule has 3 heteroatoms. The summed E-state index contributed by atoms with van der Waals surface area (Å²) in [5, 5.41) is 0. The van der Waals surface area contributed by atoms with Crippen LogP contribution in [0.2, 0.25) is 0 Å². The summed E-state index contributed by atoms with van der Waals surface area (Å²) in [6.07, 6.45) is 5.58. The van der Waals surface area contributed by atoms with E-state index in [2.05, 4.69) is 6.58 Å². The van der Waals surface area contributed by atoms with E-state index in [9.17, 15) is 4.79 Å². The lowest BCUT2D eigenvalue weighted by atomic mass is 10.0. The molecule has 1 heterocycles.